The van der Waals surface area contributed by atoms with E-state index in [1.54, 1.807) is 6.07 Å². The van der Waals surface area contributed by atoms with E-state index in [9.17, 15) is 4.39 Å². The van der Waals surface area contributed by atoms with Gasteiger partial charge in [-0.05, 0) is 27.6 Å². The maximum Gasteiger partial charge on any atom is 0.180 e. The Morgan fingerprint density at radius 3 is 2.78 bits per heavy atom. The smallest absolute Gasteiger partial charge is 0.180 e. The van der Waals surface area contributed by atoms with Gasteiger partial charge in [0.15, 0.2) is 5.17 Å². The van der Waals surface area contributed by atoms with Crippen molar-refractivity contribution < 1.29 is 9.13 Å². The monoisotopic (exact) mass is 395 g/mol. The third-order valence-electron chi connectivity index (χ3n) is 2.85. The van der Waals surface area contributed by atoms with Crippen LogP contribution in [-0.4, -0.2) is 18.5 Å². The van der Waals surface area contributed by atoms with Gasteiger partial charge in [-0.25, -0.2) is 4.39 Å². The standard InChI is InChI=1S/C16H15BrFN3OS/c1-22-15-8-14(18)12(7-13(15)17)9-20-21-16(19)23-10-11-5-3-2-4-6-11/h2-9H,10H2,1H3,(H2,19,21). The molecular weight excluding hydrogens is 381 g/mol. The lowest BCUT2D eigenvalue weighted by Gasteiger charge is -2.04. The van der Waals surface area contributed by atoms with E-state index in [2.05, 4.69) is 26.1 Å². The molecule has 7 heteroatoms. The highest BCUT2D eigenvalue weighted by Crippen LogP contribution is 2.27. The molecule has 0 amide bonds. The SMILES string of the molecule is COc1cc(F)c(C=NN=C(N)SCc2ccccc2)cc1Br. The number of methoxy groups -OCH3 is 1. The first-order valence-electron chi connectivity index (χ1n) is 6.66. The fourth-order valence-corrected chi connectivity index (χ4v) is 2.84. The highest BCUT2D eigenvalue weighted by Gasteiger charge is 2.07. The number of hydrogen-bond acceptors (Lipinski definition) is 4. The topological polar surface area (TPSA) is 60.0 Å². The second-order valence-corrected chi connectivity index (χ2v) is 6.32. The van der Waals surface area contributed by atoms with Crippen LogP contribution in [0.25, 0.3) is 0 Å². The Morgan fingerprint density at radius 2 is 2.09 bits per heavy atom. The van der Waals surface area contributed by atoms with Crippen LogP contribution in [0.5, 0.6) is 5.75 Å². The van der Waals surface area contributed by atoms with Gasteiger partial charge in [0, 0.05) is 17.4 Å². The number of ether oxygens (including phenoxy) is 1. The maximum atomic E-state index is 13.8. The van der Waals surface area contributed by atoms with E-state index in [0.717, 1.165) is 5.56 Å². The largest absolute Gasteiger partial charge is 0.495 e. The molecule has 2 aromatic rings. The Labute approximate surface area is 146 Å². The quantitative estimate of drug-likeness (QED) is 0.469. The predicted octanol–water partition coefficient (Wildman–Crippen LogP) is 4.18. The molecule has 0 radical (unpaired) electrons. The highest BCUT2D eigenvalue weighted by atomic mass is 79.9. The van der Waals surface area contributed by atoms with Crippen molar-refractivity contribution in [3.05, 3.63) is 63.9 Å². The van der Waals surface area contributed by atoms with Gasteiger partial charge in [0.25, 0.3) is 0 Å². The second-order valence-electron chi connectivity index (χ2n) is 4.47. The van der Waals surface area contributed by atoms with Crippen molar-refractivity contribution in [2.75, 3.05) is 7.11 Å². The summed E-state index contributed by atoms with van der Waals surface area (Å²) >= 11 is 4.66. The third-order valence-corrected chi connectivity index (χ3v) is 4.33. The molecule has 0 saturated heterocycles. The average molecular weight is 396 g/mol. The van der Waals surface area contributed by atoms with Gasteiger partial charge in [-0.1, -0.05) is 42.1 Å². The molecule has 0 unspecified atom stereocenters. The molecule has 120 valence electrons. The molecule has 0 aliphatic heterocycles. The lowest BCUT2D eigenvalue weighted by atomic mass is 10.2. The number of nitrogens with two attached hydrogens (primary N) is 1. The molecule has 23 heavy (non-hydrogen) atoms. The van der Waals surface area contributed by atoms with Gasteiger partial charge < -0.3 is 10.5 Å². The van der Waals surface area contributed by atoms with E-state index in [-0.39, 0.29) is 0 Å². The van der Waals surface area contributed by atoms with Crippen LogP contribution >= 0.6 is 27.7 Å². The van der Waals surface area contributed by atoms with Gasteiger partial charge in [-0.3, -0.25) is 0 Å². The van der Waals surface area contributed by atoms with Crippen LogP contribution in [0.15, 0.2) is 57.1 Å². The molecule has 0 fully saturated rings. The molecule has 0 aliphatic carbocycles. The van der Waals surface area contributed by atoms with Crippen molar-refractivity contribution in [1.29, 1.82) is 0 Å². The van der Waals surface area contributed by atoms with Crippen molar-refractivity contribution in [3.8, 4) is 5.75 Å². The normalized spacial score (nSPS) is 11.9. The molecule has 0 spiro atoms. The highest BCUT2D eigenvalue weighted by molar-refractivity contribution is 9.10. The minimum absolute atomic E-state index is 0.294. The molecule has 0 atom stereocenters. The van der Waals surface area contributed by atoms with Gasteiger partial charge in [-0.15, -0.1) is 5.10 Å². The zero-order valence-electron chi connectivity index (χ0n) is 12.4. The van der Waals surface area contributed by atoms with Crippen molar-refractivity contribution in [3.63, 3.8) is 0 Å². The number of benzene rings is 2. The van der Waals surface area contributed by atoms with E-state index in [0.29, 0.717) is 26.7 Å². The summed E-state index contributed by atoms with van der Waals surface area (Å²) in [5.74, 6) is 0.675. The Bertz CT molecular complexity index is 723. The Hall–Kier alpha value is -1.86. The lowest BCUT2D eigenvalue weighted by Crippen LogP contribution is -2.06. The summed E-state index contributed by atoms with van der Waals surface area (Å²) in [6.45, 7) is 0. The van der Waals surface area contributed by atoms with Crippen LogP contribution in [0, 0.1) is 5.82 Å². The van der Waals surface area contributed by atoms with Gasteiger partial charge in [0.2, 0.25) is 0 Å². The summed E-state index contributed by atoms with van der Waals surface area (Å²) < 4.78 is 19.5. The lowest BCUT2D eigenvalue weighted by molar-refractivity contribution is 0.408. The zero-order valence-corrected chi connectivity index (χ0v) is 14.8. The van der Waals surface area contributed by atoms with E-state index in [1.807, 2.05) is 30.3 Å². The third kappa shape index (κ3) is 5.37. The fourth-order valence-electron chi connectivity index (χ4n) is 1.71. The van der Waals surface area contributed by atoms with Gasteiger partial charge in [0.1, 0.15) is 11.6 Å². The Kier molecular flexibility index (Phi) is 6.61. The van der Waals surface area contributed by atoms with Crippen LogP contribution in [0.3, 0.4) is 0 Å². The molecular formula is C16H15BrFN3OS. The Balaban J connectivity index is 1.98. The fraction of sp³-hybridized carbons (Fsp3) is 0.125. The number of hydrogen-bond donors (Lipinski definition) is 1. The van der Waals surface area contributed by atoms with Crippen molar-refractivity contribution in [1.82, 2.24) is 0 Å². The minimum atomic E-state index is -0.445. The van der Waals surface area contributed by atoms with E-state index in [1.165, 1.54) is 31.2 Å². The molecule has 0 saturated carbocycles. The van der Waals surface area contributed by atoms with Crippen LogP contribution in [0.1, 0.15) is 11.1 Å². The first kappa shape index (κ1) is 17.5. The van der Waals surface area contributed by atoms with Crippen LogP contribution in [-0.2, 0) is 5.75 Å². The molecule has 0 aliphatic rings. The summed E-state index contributed by atoms with van der Waals surface area (Å²) in [5.41, 5.74) is 7.21. The van der Waals surface area contributed by atoms with Crippen molar-refractivity contribution in [2.24, 2.45) is 15.9 Å². The van der Waals surface area contributed by atoms with Crippen molar-refractivity contribution in [2.45, 2.75) is 5.75 Å². The average Bonchev–Trinajstić information content (AvgIpc) is 2.56. The van der Waals surface area contributed by atoms with Crippen LogP contribution in [0.4, 0.5) is 4.39 Å². The first-order chi connectivity index (χ1) is 11.1. The minimum Gasteiger partial charge on any atom is -0.495 e. The summed E-state index contributed by atoms with van der Waals surface area (Å²) in [6, 6.07) is 12.7. The summed E-state index contributed by atoms with van der Waals surface area (Å²) in [5, 5.41) is 8.01. The molecule has 0 aromatic heterocycles. The summed E-state index contributed by atoms with van der Waals surface area (Å²) in [4.78, 5) is 0. The first-order valence-corrected chi connectivity index (χ1v) is 8.44. The van der Waals surface area contributed by atoms with Crippen LogP contribution in [0.2, 0.25) is 0 Å². The predicted molar refractivity (Wildman–Crippen MR) is 97.6 cm³/mol. The van der Waals surface area contributed by atoms with E-state index < -0.39 is 5.82 Å². The van der Waals surface area contributed by atoms with E-state index in [4.69, 9.17) is 10.5 Å². The second kappa shape index (κ2) is 8.69. The molecule has 2 N–H and O–H groups in total. The van der Waals surface area contributed by atoms with Gasteiger partial charge in [0.05, 0.1) is 17.8 Å². The number of rotatable bonds is 5. The zero-order chi connectivity index (χ0) is 16.7. The number of nitrogens with zero attached hydrogens (tertiary/aromatic N) is 2. The molecule has 0 heterocycles. The number of halogens is 2. The van der Waals surface area contributed by atoms with Crippen molar-refractivity contribution >= 4 is 39.1 Å². The Morgan fingerprint density at radius 1 is 1.35 bits per heavy atom. The maximum absolute atomic E-state index is 13.8. The van der Waals surface area contributed by atoms with Crippen LogP contribution < -0.4 is 10.5 Å². The number of thioether (sulfide) groups is 1. The summed E-state index contributed by atoms with van der Waals surface area (Å²) in [6.07, 6.45) is 1.31. The number of amidine groups is 1. The van der Waals surface area contributed by atoms with Gasteiger partial charge >= 0.3 is 0 Å². The van der Waals surface area contributed by atoms with E-state index >= 15 is 0 Å². The summed E-state index contributed by atoms with van der Waals surface area (Å²) in [7, 11) is 1.47. The molecule has 2 aromatic carbocycles. The van der Waals surface area contributed by atoms with Gasteiger partial charge in [-0.2, -0.15) is 5.10 Å². The molecule has 0 bridgehead atoms. The molecule has 4 nitrogen and oxygen atoms in total. The molecule has 2 rings (SSSR count).